The van der Waals surface area contributed by atoms with Gasteiger partial charge in [0, 0.05) is 41.5 Å². The molecule has 0 bridgehead atoms. The number of rotatable bonds is 5. The predicted molar refractivity (Wildman–Crippen MR) is 119 cm³/mol. The molecule has 7 heteroatoms. The van der Waals surface area contributed by atoms with Crippen molar-refractivity contribution in [1.29, 1.82) is 0 Å². The molecule has 0 aliphatic rings. The van der Waals surface area contributed by atoms with Crippen LogP contribution in [-0.4, -0.2) is 30.8 Å². The number of fused-ring (bicyclic) bond motifs is 1. The normalized spacial score (nSPS) is 11.3. The van der Waals surface area contributed by atoms with Gasteiger partial charge in [-0.05, 0) is 60.7 Å². The number of nitrogens with one attached hydrogen (secondary N) is 1. The van der Waals surface area contributed by atoms with E-state index in [9.17, 15) is 4.79 Å². The van der Waals surface area contributed by atoms with Gasteiger partial charge >= 0.3 is 5.91 Å². The highest BCUT2D eigenvalue weighted by Gasteiger charge is 2.12. The monoisotopic (exact) mass is 450 g/mol. The number of nitrogens with zero attached hydrogens (tertiary/aromatic N) is 3. The lowest BCUT2D eigenvalue weighted by atomic mass is 10.2. The lowest BCUT2D eigenvalue weighted by Gasteiger charge is -2.13. The molecule has 2 aromatic carbocycles. The molecule has 0 atom stereocenters. The van der Waals surface area contributed by atoms with Crippen molar-refractivity contribution >= 4 is 44.7 Å². The Kier molecular flexibility index (Phi) is 5.22. The Hall–Kier alpha value is -3.32. The third kappa shape index (κ3) is 4.09. The van der Waals surface area contributed by atoms with Crippen molar-refractivity contribution in [2.45, 2.75) is 0 Å². The first-order valence-corrected chi connectivity index (χ1v) is 9.78. The molecule has 29 heavy (non-hydrogen) atoms. The van der Waals surface area contributed by atoms with Gasteiger partial charge in [-0.3, -0.25) is 4.79 Å². The molecule has 2 heterocycles. The number of hydrogen-bond acceptors (Lipinski definition) is 4. The Morgan fingerprint density at radius 2 is 1.93 bits per heavy atom. The van der Waals surface area contributed by atoms with Crippen LogP contribution in [0, 0.1) is 0 Å². The van der Waals surface area contributed by atoms with E-state index in [0.717, 1.165) is 26.9 Å². The van der Waals surface area contributed by atoms with Gasteiger partial charge in [0.25, 0.3) is 0 Å². The fourth-order valence-corrected chi connectivity index (χ4v) is 3.36. The molecule has 0 unspecified atom stereocenters. The van der Waals surface area contributed by atoms with Gasteiger partial charge in [0.2, 0.25) is 0 Å². The molecule has 2 aromatic heterocycles. The van der Waals surface area contributed by atoms with Gasteiger partial charge in [0.1, 0.15) is 5.58 Å². The maximum absolute atomic E-state index is 12.3. The molecule has 0 saturated heterocycles. The van der Waals surface area contributed by atoms with Crippen LogP contribution in [-0.2, 0) is 0 Å². The highest BCUT2D eigenvalue weighted by Crippen LogP contribution is 2.23. The van der Waals surface area contributed by atoms with Crippen LogP contribution in [0.4, 0.5) is 5.69 Å². The van der Waals surface area contributed by atoms with Gasteiger partial charge in [0.15, 0.2) is 5.76 Å². The van der Waals surface area contributed by atoms with Crippen LogP contribution in [0.25, 0.3) is 16.7 Å². The Bertz CT molecular complexity index is 1190. The van der Waals surface area contributed by atoms with E-state index in [1.807, 2.05) is 72.2 Å². The van der Waals surface area contributed by atoms with Crippen molar-refractivity contribution in [2.24, 2.45) is 5.10 Å². The van der Waals surface area contributed by atoms with Gasteiger partial charge in [-0.25, -0.2) is 5.43 Å². The number of halogens is 1. The molecule has 0 fully saturated rings. The lowest BCUT2D eigenvalue weighted by molar-refractivity contribution is 0.0929. The molecule has 1 N–H and O–H groups in total. The Labute approximate surface area is 176 Å². The molecular formula is C22H19BrN4O2. The molecule has 146 valence electrons. The molecule has 0 saturated carbocycles. The summed E-state index contributed by atoms with van der Waals surface area (Å²) in [4.78, 5) is 14.4. The van der Waals surface area contributed by atoms with E-state index < -0.39 is 5.91 Å². The van der Waals surface area contributed by atoms with Crippen molar-refractivity contribution in [3.63, 3.8) is 0 Å². The van der Waals surface area contributed by atoms with Gasteiger partial charge in [0.05, 0.1) is 11.9 Å². The van der Waals surface area contributed by atoms with Gasteiger partial charge in [-0.2, -0.15) is 5.10 Å². The van der Waals surface area contributed by atoms with E-state index in [4.69, 9.17) is 4.42 Å². The second-order valence-corrected chi connectivity index (χ2v) is 7.62. The average molecular weight is 451 g/mol. The van der Waals surface area contributed by atoms with Crippen molar-refractivity contribution in [3.8, 4) is 5.69 Å². The number of anilines is 1. The summed E-state index contributed by atoms with van der Waals surface area (Å²) in [5, 5.41) is 4.94. The largest absolute Gasteiger partial charge is 0.451 e. The number of furan rings is 1. The number of carbonyl (C=O) groups is 1. The number of benzene rings is 2. The topological polar surface area (TPSA) is 62.8 Å². The maximum Gasteiger partial charge on any atom is 0.307 e. The van der Waals surface area contributed by atoms with Crippen LogP contribution in [0.15, 0.2) is 80.9 Å². The van der Waals surface area contributed by atoms with Gasteiger partial charge in [-0.15, -0.1) is 0 Å². The smallest absolute Gasteiger partial charge is 0.307 e. The van der Waals surface area contributed by atoms with E-state index >= 15 is 0 Å². The van der Waals surface area contributed by atoms with Gasteiger partial charge in [-0.1, -0.05) is 15.9 Å². The molecule has 1 amide bonds. The number of hydrogen-bond donors (Lipinski definition) is 1. The predicted octanol–water partition coefficient (Wildman–Crippen LogP) is 4.82. The fourth-order valence-electron chi connectivity index (χ4n) is 2.98. The summed E-state index contributed by atoms with van der Waals surface area (Å²) >= 11 is 3.41. The van der Waals surface area contributed by atoms with E-state index in [1.54, 1.807) is 12.3 Å². The molecule has 0 aliphatic carbocycles. The van der Waals surface area contributed by atoms with Crippen LogP contribution < -0.4 is 10.3 Å². The van der Waals surface area contributed by atoms with E-state index in [0.29, 0.717) is 5.58 Å². The highest BCUT2D eigenvalue weighted by atomic mass is 79.9. The summed E-state index contributed by atoms with van der Waals surface area (Å²) in [5.74, 6) is -0.188. The summed E-state index contributed by atoms with van der Waals surface area (Å²) in [5.41, 5.74) is 6.15. The Morgan fingerprint density at radius 1 is 1.14 bits per heavy atom. The van der Waals surface area contributed by atoms with Crippen LogP contribution in [0.2, 0.25) is 0 Å². The van der Waals surface area contributed by atoms with Crippen LogP contribution in [0.5, 0.6) is 0 Å². The zero-order chi connectivity index (χ0) is 20.4. The molecule has 6 nitrogen and oxygen atoms in total. The second-order valence-electron chi connectivity index (χ2n) is 6.71. The molecule has 4 aromatic rings. The first kappa shape index (κ1) is 19.0. The standard InChI is InChI=1S/C22H19BrN4O2/c1-26(2)17-6-8-18(9-7-17)27-11-3-4-19(27)14-24-25-22(28)21-13-15-12-16(23)5-10-20(15)29-21/h3-14H,1-2H3,(H,25,28)/b24-14+. The van der Waals surface area contributed by atoms with Gasteiger partial charge < -0.3 is 13.9 Å². The first-order chi connectivity index (χ1) is 14.0. The third-order valence-corrected chi connectivity index (χ3v) is 4.98. The number of aromatic nitrogens is 1. The molecule has 0 radical (unpaired) electrons. The van der Waals surface area contributed by atoms with E-state index in [2.05, 4.69) is 38.6 Å². The molecule has 0 aliphatic heterocycles. The second kappa shape index (κ2) is 7.97. The maximum atomic E-state index is 12.3. The molecule has 4 rings (SSSR count). The summed E-state index contributed by atoms with van der Waals surface area (Å²) in [6.07, 6.45) is 3.56. The Balaban J connectivity index is 1.48. The summed E-state index contributed by atoms with van der Waals surface area (Å²) in [7, 11) is 4.01. The SMILES string of the molecule is CN(C)c1ccc(-n2cccc2/C=N/NC(=O)c2cc3cc(Br)ccc3o2)cc1. The van der Waals surface area contributed by atoms with E-state index in [-0.39, 0.29) is 5.76 Å². The minimum atomic E-state index is -0.401. The highest BCUT2D eigenvalue weighted by molar-refractivity contribution is 9.10. The number of carbonyl (C=O) groups excluding carboxylic acids is 1. The fraction of sp³-hybridized carbons (Fsp3) is 0.0909. The van der Waals surface area contributed by atoms with Crippen molar-refractivity contribution in [2.75, 3.05) is 19.0 Å². The van der Waals surface area contributed by atoms with Crippen molar-refractivity contribution in [1.82, 2.24) is 9.99 Å². The molecular weight excluding hydrogens is 432 g/mol. The minimum absolute atomic E-state index is 0.213. The van der Waals surface area contributed by atoms with Crippen LogP contribution in [0.3, 0.4) is 0 Å². The zero-order valence-electron chi connectivity index (χ0n) is 16.0. The average Bonchev–Trinajstić information content (AvgIpc) is 3.34. The lowest BCUT2D eigenvalue weighted by Crippen LogP contribution is -2.17. The number of hydrazone groups is 1. The minimum Gasteiger partial charge on any atom is -0.451 e. The third-order valence-electron chi connectivity index (χ3n) is 4.49. The Morgan fingerprint density at radius 3 is 2.69 bits per heavy atom. The van der Waals surface area contributed by atoms with E-state index in [1.165, 1.54) is 0 Å². The molecule has 0 spiro atoms. The van der Waals surface area contributed by atoms with Crippen LogP contribution >= 0.6 is 15.9 Å². The van der Waals surface area contributed by atoms with Crippen molar-refractivity contribution < 1.29 is 9.21 Å². The summed E-state index contributed by atoms with van der Waals surface area (Å²) < 4.78 is 8.50. The van der Waals surface area contributed by atoms with Crippen molar-refractivity contribution in [3.05, 3.63) is 82.8 Å². The number of amides is 1. The zero-order valence-corrected chi connectivity index (χ0v) is 17.6. The first-order valence-electron chi connectivity index (χ1n) is 8.99. The quantitative estimate of drug-likeness (QED) is 0.350. The summed E-state index contributed by atoms with van der Waals surface area (Å²) in [6, 6.07) is 19.3. The van der Waals surface area contributed by atoms with Crippen LogP contribution in [0.1, 0.15) is 16.2 Å². The summed E-state index contributed by atoms with van der Waals surface area (Å²) in [6.45, 7) is 0.